The van der Waals surface area contributed by atoms with E-state index in [1.165, 1.54) is 17.6 Å². The van der Waals surface area contributed by atoms with E-state index >= 15 is 0 Å². The highest BCUT2D eigenvalue weighted by Crippen LogP contribution is 2.47. The van der Waals surface area contributed by atoms with Crippen LogP contribution in [0.3, 0.4) is 0 Å². The first-order valence-corrected chi connectivity index (χ1v) is 14.9. The van der Waals surface area contributed by atoms with E-state index in [1.54, 1.807) is 12.3 Å². The molecular formula is C33H33ClN4O3S. The smallest absolute Gasteiger partial charge is 0.267 e. The Morgan fingerprint density at radius 2 is 2.02 bits per heavy atom. The van der Waals surface area contributed by atoms with Gasteiger partial charge in [-0.3, -0.25) is 9.59 Å². The number of nitrogens with zero attached hydrogens (tertiary/aromatic N) is 1. The summed E-state index contributed by atoms with van der Waals surface area (Å²) >= 11 is 7.92. The number of amides is 2. The standard InChI is InChI=1S/C33H33ClN4O3S/c1-4-10-28(32(40)36-16-9-13-30-35-17-18-42-30)37-22-23-11-7-8-12-27(23)31(39)38-33(14-15-33)25-19-24(20-26(34)21-25)29(5-2)41-6-3/h5-8,10-12,17-21,37H,3-4,14-16,22H2,1-2H3,(H,36,40)(H,38,39)/b28-10+,29-5-. The monoisotopic (exact) mass is 600 g/mol. The molecule has 1 aromatic heterocycles. The number of rotatable bonds is 12. The lowest BCUT2D eigenvalue weighted by Crippen LogP contribution is -2.36. The first-order valence-electron chi connectivity index (χ1n) is 13.7. The minimum atomic E-state index is -0.517. The topological polar surface area (TPSA) is 92.4 Å². The van der Waals surface area contributed by atoms with Gasteiger partial charge in [0.1, 0.15) is 5.76 Å². The Morgan fingerprint density at radius 3 is 2.71 bits per heavy atom. The maximum Gasteiger partial charge on any atom is 0.267 e. The molecule has 2 aromatic carbocycles. The summed E-state index contributed by atoms with van der Waals surface area (Å²) in [5.74, 6) is 6.02. The highest BCUT2D eigenvalue weighted by molar-refractivity contribution is 7.10. The Hall–Kier alpha value is -4.32. The van der Waals surface area contributed by atoms with Gasteiger partial charge in [-0.25, -0.2) is 4.98 Å². The Kier molecular flexibility index (Phi) is 10.6. The average Bonchev–Trinajstić information content (AvgIpc) is 3.58. The molecule has 216 valence electrons. The molecule has 1 heterocycles. The van der Waals surface area contributed by atoms with Crippen LogP contribution < -0.4 is 16.0 Å². The molecule has 0 spiro atoms. The van der Waals surface area contributed by atoms with Crippen molar-refractivity contribution >= 4 is 40.5 Å². The predicted molar refractivity (Wildman–Crippen MR) is 168 cm³/mol. The number of ether oxygens (including phenoxy) is 1. The lowest BCUT2D eigenvalue weighted by atomic mass is 9.99. The molecule has 1 aliphatic rings. The number of aromatic nitrogens is 1. The van der Waals surface area contributed by atoms with Crippen LogP contribution >= 0.6 is 22.9 Å². The molecule has 4 rings (SSSR count). The van der Waals surface area contributed by atoms with Crippen LogP contribution in [-0.4, -0.2) is 23.3 Å². The fourth-order valence-electron chi connectivity index (χ4n) is 4.46. The third-order valence-electron chi connectivity index (χ3n) is 6.66. The van der Waals surface area contributed by atoms with Gasteiger partial charge in [0.2, 0.25) is 0 Å². The third-order valence-corrected chi connectivity index (χ3v) is 7.57. The summed E-state index contributed by atoms with van der Waals surface area (Å²) in [4.78, 5) is 30.5. The molecular weight excluding hydrogens is 568 g/mol. The molecule has 0 saturated heterocycles. The van der Waals surface area contributed by atoms with Gasteiger partial charge >= 0.3 is 0 Å². The van der Waals surface area contributed by atoms with Crippen LogP contribution in [0.15, 0.2) is 84.7 Å². The third kappa shape index (κ3) is 7.90. The number of benzene rings is 2. The van der Waals surface area contributed by atoms with Crippen molar-refractivity contribution in [3.8, 4) is 11.8 Å². The summed E-state index contributed by atoms with van der Waals surface area (Å²) in [6.45, 7) is 7.97. The Balaban J connectivity index is 1.44. The van der Waals surface area contributed by atoms with Gasteiger partial charge in [-0.2, -0.15) is 0 Å². The van der Waals surface area contributed by atoms with Gasteiger partial charge in [0, 0.05) is 34.3 Å². The van der Waals surface area contributed by atoms with Crippen LogP contribution in [0.25, 0.3) is 5.76 Å². The van der Waals surface area contributed by atoms with E-state index in [9.17, 15) is 9.59 Å². The maximum atomic E-state index is 13.6. The summed E-state index contributed by atoms with van der Waals surface area (Å²) < 4.78 is 5.54. The molecule has 42 heavy (non-hydrogen) atoms. The summed E-state index contributed by atoms with van der Waals surface area (Å²) in [5, 5.41) is 12.4. The predicted octanol–water partition coefficient (Wildman–Crippen LogP) is 6.29. The van der Waals surface area contributed by atoms with Crippen LogP contribution in [0.1, 0.15) is 65.2 Å². The van der Waals surface area contributed by atoms with Crippen molar-refractivity contribution < 1.29 is 14.3 Å². The van der Waals surface area contributed by atoms with Crippen molar-refractivity contribution in [1.29, 1.82) is 0 Å². The number of carbonyl (C=O) groups is 2. The molecule has 3 N–H and O–H groups in total. The summed E-state index contributed by atoms with van der Waals surface area (Å²) in [6.07, 6.45) is 8.98. The Labute approximate surface area is 255 Å². The largest absolute Gasteiger partial charge is 0.465 e. The Bertz CT molecular complexity index is 1560. The van der Waals surface area contributed by atoms with Crippen LogP contribution in [0.5, 0.6) is 0 Å². The molecule has 9 heteroatoms. The molecule has 1 aliphatic carbocycles. The van der Waals surface area contributed by atoms with E-state index in [-0.39, 0.29) is 18.4 Å². The second-order valence-electron chi connectivity index (χ2n) is 9.56. The number of carbonyl (C=O) groups excluding carboxylic acids is 2. The van der Waals surface area contributed by atoms with Crippen molar-refractivity contribution in [2.75, 3.05) is 6.54 Å². The molecule has 7 nitrogen and oxygen atoms in total. The highest BCUT2D eigenvalue weighted by atomic mass is 35.5. The van der Waals surface area contributed by atoms with Gasteiger partial charge in [-0.1, -0.05) is 55.3 Å². The Morgan fingerprint density at radius 1 is 1.21 bits per heavy atom. The van der Waals surface area contributed by atoms with E-state index in [4.69, 9.17) is 16.3 Å². The van der Waals surface area contributed by atoms with Gasteiger partial charge < -0.3 is 20.7 Å². The zero-order chi connectivity index (χ0) is 30.0. The first-order chi connectivity index (χ1) is 20.4. The van der Waals surface area contributed by atoms with E-state index in [2.05, 4.69) is 39.4 Å². The normalized spacial score (nSPS) is 13.8. The van der Waals surface area contributed by atoms with Crippen molar-refractivity contribution in [2.24, 2.45) is 0 Å². The number of nitrogens with one attached hydrogen (secondary N) is 3. The van der Waals surface area contributed by atoms with Crippen molar-refractivity contribution in [3.05, 3.63) is 117 Å². The molecule has 3 aromatic rings. The number of hydrogen-bond donors (Lipinski definition) is 3. The number of thiazole rings is 1. The summed E-state index contributed by atoms with van der Waals surface area (Å²) in [7, 11) is 0. The SMILES string of the molecule is C=CO/C(=C\C)c1cc(Cl)cc(C2(NC(=O)c3ccccc3CN/C(=C/CC)C(=O)NCC#Cc3nccs3)CC2)c1. The molecule has 1 fully saturated rings. The van der Waals surface area contributed by atoms with E-state index in [0.717, 1.165) is 29.5 Å². The summed E-state index contributed by atoms with van der Waals surface area (Å²) in [6, 6.07) is 13.1. The maximum absolute atomic E-state index is 13.6. The number of allylic oxidation sites excluding steroid dienone is 2. The molecule has 2 amide bonds. The zero-order valence-corrected chi connectivity index (χ0v) is 25.2. The molecule has 1 saturated carbocycles. The first kappa shape index (κ1) is 30.6. The minimum absolute atomic E-state index is 0.192. The number of halogens is 1. The number of hydrogen-bond acceptors (Lipinski definition) is 6. The van der Waals surface area contributed by atoms with Crippen LogP contribution in [0.2, 0.25) is 5.02 Å². The fourth-order valence-corrected chi connectivity index (χ4v) is 5.20. The van der Waals surface area contributed by atoms with Gasteiger partial charge in [-0.05, 0) is 73.6 Å². The van der Waals surface area contributed by atoms with E-state index in [0.29, 0.717) is 40.0 Å². The van der Waals surface area contributed by atoms with Crippen molar-refractivity contribution in [2.45, 2.75) is 45.2 Å². The molecule has 0 aliphatic heterocycles. The molecule has 0 atom stereocenters. The van der Waals surface area contributed by atoms with Crippen LogP contribution in [0.4, 0.5) is 0 Å². The van der Waals surface area contributed by atoms with Crippen LogP contribution in [0, 0.1) is 11.8 Å². The van der Waals surface area contributed by atoms with Crippen molar-refractivity contribution in [1.82, 2.24) is 20.9 Å². The molecule has 0 bridgehead atoms. The summed E-state index contributed by atoms with van der Waals surface area (Å²) in [5.41, 5.74) is 2.95. The van der Waals surface area contributed by atoms with Gasteiger partial charge in [0.15, 0.2) is 5.01 Å². The average molecular weight is 601 g/mol. The van der Waals surface area contributed by atoms with Crippen LogP contribution in [-0.2, 0) is 21.6 Å². The van der Waals surface area contributed by atoms with Gasteiger partial charge in [-0.15, -0.1) is 11.3 Å². The lowest BCUT2D eigenvalue weighted by molar-refractivity contribution is -0.117. The van der Waals surface area contributed by atoms with Gasteiger partial charge in [0.25, 0.3) is 11.8 Å². The van der Waals surface area contributed by atoms with E-state index in [1.807, 2.05) is 67.8 Å². The minimum Gasteiger partial charge on any atom is -0.465 e. The van der Waals surface area contributed by atoms with E-state index < -0.39 is 5.54 Å². The molecule has 0 unspecified atom stereocenters. The second-order valence-corrected chi connectivity index (χ2v) is 10.9. The van der Waals surface area contributed by atoms with Gasteiger partial charge in [0.05, 0.1) is 24.0 Å². The quantitative estimate of drug-likeness (QED) is 0.129. The second kappa shape index (κ2) is 14.5. The zero-order valence-electron chi connectivity index (χ0n) is 23.6. The lowest BCUT2D eigenvalue weighted by Gasteiger charge is -2.21. The highest BCUT2D eigenvalue weighted by Gasteiger charge is 2.46. The van der Waals surface area contributed by atoms with Crippen molar-refractivity contribution in [3.63, 3.8) is 0 Å². The fraction of sp³-hybridized carbons (Fsp3) is 0.242. The molecule has 0 radical (unpaired) electrons.